The third-order valence-electron chi connectivity index (χ3n) is 10.7. The first kappa shape index (κ1) is 43.1. The number of phenolic OH excluding ortho intramolecular Hbond substituents is 1. The quantitative estimate of drug-likeness (QED) is 0.103. The summed E-state index contributed by atoms with van der Waals surface area (Å²) in [6.45, 7) is 14.7. The molecule has 0 radical (unpaired) electrons. The number of ether oxygens (including phenoxy) is 4. The number of ketones is 1. The number of aryl methyl sites for hydroxylation is 1. The zero-order chi connectivity index (χ0) is 43.1. The van der Waals surface area contributed by atoms with E-state index >= 15 is 0 Å². The van der Waals surface area contributed by atoms with Crippen LogP contribution in [0.5, 0.6) is 23.0 Å². The van der Waals surface area contributed by atoms with Crippen molar-refractivity contribution in [2.24, 2.45) is 0 Å². The molecule has 0 saturated carbocycles. The second-order valence-electron chi connectivity index (χ2n) is 14.1. The standard InChI is InChI=1S/C45H43BrO12/c1-11-30-26(8)31(17-20(2)33(30)42(51)57-39-24(6)22(4)34(41(49)50)27(9)35(39)28-15-13-12-14-16-28)56-43(52)36-23(5)25(7)40(37(46)38(36)48)58-44(53)45(54)21(3)18-29(47)19-32(45)55-10/h12-19,48,54H,11H2,1-10H3,(H,49,50)/t45-/m1/s1. The molecule has 0 bridgehead atoms. The number of aromatic carboxylic acids is 1. The van der Waals surface area contributed by atoms with Gasteiger partial charge in [0.15, 0.2) is 11.5 Å². The summed E-state index contributed by atoms with van der Waals surface area (Å²) >= 11 is 3.23. The van der Waals surface area contributed by atoms with Crippen molar-refractivity contribution < 1.29 is 58.2 Å². The fraction of sp³-hybridized carbons (Fsp3) is 0.267. The minimum Gasteiger partial charge on any atom is -0.506 e. The summed E-state index contributed by atoms with van der Waals surface area (Å²) < 4.78 is 22.6. The number of aromatic hydroxyl groups is 1. The third kappa shape index (κ3) is 7.31. The number of halogens is 1. The van der Waals surface area contributed by atoms with E-state index < -0.39 is 41.0 Å². The number of hydrogen-bond donors (Lipinski definition) is 3. The summed E-state index contributed by atoms with van der Waals surface area (Å²) in [5, 5.41) is 32.7. The molecule has 12 nitrogen and oxygen atoms in total. The Bertz CT molecular complexity index is 2480. The number of esters is 3. The largest absolute Gasteiger partial charge is 0.506 e. The highest BCUT2D eigenvalue weighted by Crippen LogP contribution is 2.45. The van der Waals surface area contributed by atoms with Crippen LogP contribution in [-0.4, -0.2) is 57.7 Å². The molecule has 3 N–H and O–H groups in total. The van der Waals surface area contributed by atoms with Crippen LogP contribution in [-0.2, 0) is 20.7 Å². The number of carbonyl (C=O) groups excluding carboxylic acids is 4. The molecule has 0 heterocycles. The molecule has 13 heteroatoms. The Kier molecular flexibility index (Phi) is 12.2. The number of hydrogen-bond acceptors (Lipinski definition) is 11. The van der Waals surface area contributed by atoms with Crippen LogP contribution in [0, 0.1) is 48.5 Å². The summed E-state index contributed by atoms with van der Waals surface area (Å²) in [7, 11) is 1.19. The number of methoxy groups -OCH3 is 1. The number of carboxylic acid groups (broad SMARTS) is 1. The lowest BCUT2D eigenvalue weighted by Crippen LogP contribution is -2.47. The number of allylic oxidation sites excluding steroid dienone is 2. The molecule has 58 heavy (non-hydrogen) atoms. The van der Waals surface area contributed by atoms with Gasteiger partial charge in [0.1, 0.15) is 33.0 Å². The van der Waals surface area contributed by atoms with Gasteiger partial charge >= 0.3 is 23.9 Å². The molecular weight excluding hydrogens is 812 g/mol. The van der Waals surface area contributed by atoms with Crippen LogP contribution < -0.4 is 14.2 Å². The highest BCUT2D eigenvalue weighted by molar-refractivity contribution is 9.10. The number of carbonyl (C=O) groups is 5. The zero-order valence-corrected chi connectivity index (χ0v) is 35.3. The van der Waals surface area contributed by atoms with Crippen LogP contribution in [0.25, 0.3) is 11.1 Å². The van der Waals surface area contributed by atoms with Gasteiger partial charge < -0.3 is 34.3 Å². The first-order valence-electron chi connectivity index (χ1n) is 18.2. The first-order chi connectivity index (χ1) is 27.2. The summed E-state index contributed by atoms with van der Waals surface area (Å²) in [6.07, 6.45) is 2.38. The Balaban J connectivity index is 1.50. The Morgan fingerprint density at radius 2 is 1.33 bits per heavy atom. The van der Waals surface area contributed by atoms with Crippen molar-refractivity contribution in [2.75, 3.05) is 7.11 Å². The zero-order valence-electron chi connectivity index (χ0n) is 33.7. The summed E-state index contributed by atoms with van der Waals surface area (Å²) in [5.41, 5.74) is 2.11. The Morgan fingerprint density at radius 3 is 1.91 bits per heavy atom. The van der Waals surface area contributed by atoms with Crippen LogP contribution in [0.1, 0.15) is 89.4 Å². The van der Waals surface area contributed by atoms with E-state index in [4.69, 9.17) is 18.9 Å². The highest BCUT2D eigenvalue weighted by Gasteiger charge is 2.48. The smallest absolute Gasteiger partial charge is 0.356 e. The lowest BCUT2D eigenvalue weighted by Gasteiger charge is -2.30. The molecule has 0 fully saturated rings. The van der Waals surface area contributed by atoms with Gasteiger partial charge in [0.25, 0.3) is 0 Å². The molecule has 1 atom stereocenters. The van der Waals surface area contributed by atoms with Crippen molar-refractivity contribution in [3.8, 4) is 34.1 Å². The lowest BCUT2D eigenvalue weighted by molar-refractivity contribution is -0.151. The van der Waals surface area contributed by atoms with Gasteiger partial charge in [0.05, 0.1) is 18.2 Å². The molecule has 0 aliphatic heterocycles. The van der Waals surface area contributed by atoms with E-state index in [1.807, 2.05) is 37.3 Å². The van der Waals surface area contributed by atoms with E-state index in [1.54, 1.807) is 34.6 Å². The molecule has 0 spiro atoms. The van der Waals surface area contributed by atoms with Gasteiger partial charge in [-0.3, -0.25) is 4.79 Å². The Labute approximate surface area is 343 Å². The number of carboxylic acids is 1. The minimum absolute atomic E-state index is 0.0419. The minimum atomic E-state index is -2.44. The monoisotopic (exact) mass is 854 g/mol. The number of phenols is 1. The van der Waals surface area contributed by atoms with Crippen LogP contribution in [0.2, 0.25) is 0 Å². The topological polar surface area (TPSA) is 183 Å². The van der Waals surface area contributed by atoms with Crippen molar-refractivity contribution in [1.29, 1.82) is 0 Å². The van der Waals surface area contributed by atoms with Gasteiger partial charge in [-0.15, -0.1) is 0 Å². The molecule has 302 valence electrons. The van der Waals surface area contributed by atoms with E-state index in [-0.39, 0.29) is 60.9 Å². The molecule has 4 aromatic rings. The van der Waals surface area contributed by atoms with E-state index in [0.29, 0.717) is 50.9 Å². The molecule has 1 aliphatic rings. The molecule has 1 aliphatic carbocycles. The predicted molar refractivity (Wildman–Crippen MR) is 218 cm³/mol. The van der Waals surface area contributed by atoms with Crippen LogP contribution in [0.4, 0.5) is 0 Å². The second kappa shape index (κ2) is 16.4. The summed E-state index contributed by atoms with van der Waals surface area (Å²) in [6, 6.07) is 10.6. The number of benzene rings is 4. The van der Waals surface area contributed by atoms with Crippen molar-refractivity contribution in [3.63, 3.8) is 0 Å². The van der Waals surface area contributed by atoms with Gasteiger partial charge in [-0.25, -0.2) is 19.2 Å². The molecule has 0 aromatic heterocycles. The van der Waals surface area contributed by atoms with Gasteiger partial charge in [-0.05, 0) is 146 Å². The maximum absolute atomic E-state index is 14.2. The van der Waals surface area contributed by atoms with Gasteiger partial charge in [0, 0.05) is 11.6 Å². The summed E-state index contributed by atoms with van der Waals surface area (Å²) in [5.74, 6) is -5.22. The lowest BCUT2D eigenvalue weighted by atomic mass is 9.87. The van der Waals surface area contributed by atoms with Gasteiger partial charge in [-0.2, -0.15) is 0 Å². The molecule has 4 aromatic carbocycles. The molecule has 0 unspecified atom stereocenters. The van der Waals surface area contributed by atoms with Crippen LogP contribution >= 0.6 is 15.9 Å². The third-order valence-corrected chi connectivity index (χ3v) is 11.5. The van der Waals surface area contributed by atoms with Crippen molar-refractivity contribution in [2.45, 2.75) is 74.3 Å². The fourth-order valence-electron chi connectivity index (χ4n) is 7.31. The highest BCUT2D eigenvalue weighted by atomic mass is 79.9. The van der Waals surface area contributed by atoms with E-state index in [0.717, 1.165) is 12.2 Å². The maximum Gasteiger partial charge on any atom is 0.356 e. The molecule has 0 amide bonds. The van der Waals surface area contributed by atoms with Crippen molar-refractivity contribution in [1.82, 2.24) is 0 Å². The molecule has 0 saturated heterocycles. The summed E-state index contributed by atoms with van der Waals surface area (Å²) in [4.78, 5) is 65.9. The van der Waals surface area contributed by atoms with Gasteiger partial charge in [0.2, 0.25) is 5.60 Å². The number of rotatable bonds is 10. The predicted octanol–water partition coefficient (Wildman–Crippen LogP) is 8.38. The average molecular weight is 856 g/mol. The molecular formula is C45H43BrO12. The first-order valence-corrected chi connectivity index (χ1v) is 19.0. The number of aliphatic hydroxyl groups is 1. The van der Waals surface area contributed by atoms with E-state index in [9.17, 15) is 39.3 Å². The SMILES string of the molecule is CCc1c(C)c(OC(=O)c2c(C)c(C)c(OC(=O)[C@@]3(O)C(C)=CC(=O)C=C3OC)c(Br)c2O)cc(C)c1C(=O)Oc1c(C)c(C)c(C(=O)O)c(C)c1-c1ccccc1. The Morgan fingerprint density at radius 1 is 0.741 bits per heavy atom. The Hall–Kier alpha value is -6.05. The fourth-order valence-corrected chi connectivity index (χ4v) is 7.89. The normalized spacial score (nSPS) is 15.0. The van der Waals surface area contributed by atoms with Crippen molar-refractivity contribution in [3.05, 3.63) is 126 Å². The van der Waals surface area contributed by atoms with Gasteiger partial charge in [-0.1, -0.05) is 37.3 Å². The van der Waals surface area contributed by atoms with Crippen molar-refractivity contribution >= 4 is 45.6 Å². The average Bonchev–Trinajstić information content (AvgIpc) is 3.17. The maximum atomic E-state index is 14.2. The second-order valence-corrected chi connectivity index (χ2v) is 14.9. The van der Waals surface area contributed by atoms with E-state index in [2.05, 4.69) is 15.9 Å². The van der Waals surface area contributed by atoms with Crippen LogP contribution in [0.3, 0.4) is 0 Å². The van der Waals surface area contributed by atoms with E-state index in [1.165, 1.54) is 33.9 Å². The van der Waals surface area contributed by atoms with Crippen LogP contribution in [0.15, 0.2) is 64.4 Å². The molecule has 5 rings (SSSR count).